The molecule has 19 heavy (non-hydrogen) atoms. The highest BCUT2D eigenvalue weighted by molar-refractivity contribution is 5.84. The zero-order valence-corrected chi connectivity index (χ0v) is 10.1. The lowest BCUT2D eigenvalue weighted by molar-refractivity contribution is -0.131. The van der Waals surface area contributed by atoms with Crippen molar-refractivity contribution in [3.63, 3.8) is 0 Å². The van der Waals surface area contributed by atoms with Gasteiger partial charge in [-0.3, -0.25) is 4.98 Å². The van der Waals surface area contributed by atoms with Gasteiger partial charge in [0.1, 0.15) is 12.4 Å². The van der Waals surface area contributed by atoms with E-state index in [9.17, 15) is 4.79 Å². The molecular weight excluding hydrogens is 246 g/mol. The largest absolute Gasteiger partial charge is 0.490 e. The van der Waals surface area contributed by atoms with Crippen molar-refractivity contribution < 1.29 is 14.6 Å². The van der Waals surface area contributed by atoms with Gasteiger partial charge in [0, 0.05) is 18.5 Å². The molecule has 2 aromatic heterocycles. The summed E-state index contributed by atoms with van der Waals surface area (Å²) in [6.45, 7) is 1.23. The Bertz CT molecular complexity index is 547. The molecule has 0 spiro atoms. The number of carboxylic acids is 1. The van der Waals surface area contributed by atoms with Crippen molar-refractivity contribution in [2.75, 3.05) is 6.61 Å². The molecule has 6 heteroatoms. The van der Waals surface area contributed by atoms with Crippen molar-refractivity contribution in [2.24, 2.45) is 0 Å². The molecule has 0 saturated carbocycles. The van der Waals surface area contributed by atoms with Gasteiger partial charge >= 0.3 is 5.97 Å². The number of hydrogen-bond acceptors (Lipinski definition) is 4. The Labute approximate surface area is 110 Å². The Hall–Kier alpha value is -2.63. The van der Waals surface area contributed by atoms with Crippen LogP contribution in [-0.4, -0.2) is 32.2 Å². The predicted molar refractivity (Wildman–Crippen MR) is 68.6 cm³/mol. The number of carboxylic acid groups (broad SMARTS) is 1. The third-order valence-corrected chi connectivity index (χ3v) is 2.33. The summed E-state index contributed by atoms with van der Waals surface area (Å²) in [7, 11) is 0. The average Bonchev–Trinajstić information content (AvgIpc) is 2.91. The summed E-state index contributed by atoms with van der Waals surface area (Å²) >= 11 is 0. The van der Waals surface area contributed by atoms with E-state index in [1.165, 1.54) is 6.08 Å². The number of pyridine rings is 1. The van der Waals surface area contributed by atoms with Crippen LogP contribution in [0.25, 0.3) is 6.08 Å². The van der Waals surface area contributed by atoms with Crippen LogP contribution in [0.4, 0.5) is 0 Å². The fourth-order valence-corrected chi connectivity index (χ4v) is 1.42. The Balaban J connectivity index is 1.83. The lowest BCUT2D eigenvalue weighted by Crippen LogP contribution is -2.06. The summed E-state index contributed by atoms with van der Waals surface area (Å²) in [4.78, 5) is 18.4. The van der Waals surface area contributed by atoms with E-state index in [1.54, 1.807) is 30.9 Å². The van der Waals surface area contributed by atoms with E-state index in [1.807, 2.05) is 10.8 Å². The van der Waals surface area contributed by atoms with E-state index >= 15 is 0 Å². The zero-order chi connectivity index (χ0) is 13.5. The van der Waals surface area contributed by atoms with Crippen LogP contribution < -0.4 is 4.74 Å². The van der Waals surface area contributed by atoms with Gasteiger partial charge in [0.15, 0.2) is 0 Å². The molecule has 0 unspecified atom stereocenters. The van der Waals surface area contributed by atoms with Gasteiger partial charge in [-0.2, -0.15) is 0 Å². The fraction of sp³-hybridized carbons (Fsp3) is 0.154. The van der Waals surface area contributed by atoms with Crippen LogP contribution in [0.1, 0.15) is 5.69 Å². The molecule has 1 N–H and O–H groups in total. The first kappa shape index (κ1) is 12.8. The summed E-state index contributed by atoms with van der Waals surface area (Å²) in [5, 5.41) is 8.49. The summed E-state index contributed by atoms with van der Waals surface area (Å²) in [5.41, 5.74) is 0.573. The average molecular weight is 259 g/mol. The molecule has 98 valence electrons. The molecule has 0 saturated heterocycles. The predicted octanol–water partition coefficient (Wildman–Crippen LogP) is 1.45. The Kier molecular flexibility index (Phi) is 4.28. The molecule has 0 fully saturated rings. The quantitative estimate of drug-likeness (QED) is 0.794. The maximum absolute atomic E-state index is 10.3. The van der Waals surface area contributed by atoms with E-state index in [-0.39, 0.29) is 0 Å². The molecule has 0 aliphatic carbocycles. The van der Waals surface area contributed by atoms with E-state index in [0.29, 0.717) is 24.6 Å². The first-order chi connectivity index (χ1) is 9.24. The maximum atomic E-state index is 10.3. The van der Waals surface area contributed by atoms with E-state index in [4.69, 9.17) is 9.84 Å². The normalized spacial score (nSPS) is 10.7. The number of nitrogens with zero attached hydrogens (tertiary/aromatic N) is 3. The lowest BCUT2D eigenvalue weighted by Gasteiger charge is -2.06. The van der Waals surface area contributed by atoms with Gasteiger partial charge in [-0.1, -0.05) is 0 Å². The van der Waals surface area contributed by atoms with Crippen molar-refractivity contribution in [1.82, 2.24) is 14.5 Å². The van der Waals surface area contributed by atoms with Gasteiger partial charge in [-0.05, 0) is 18.2 Å². The minimum Gasteiger partial charge on any atom is -0.490 e. The van der Waals surface area contributed by atoms with Crippen LogP contribution in [0.15, 0.2) is 43.1 Å². The highest BCUT2D eigenvalue weighted by Crippen LogP contribution is 2.10. The van der Waals surface area contributed by atoms with Crippen LogP contribution in [0.3, 0.4) is 0 Å². The van der Waals surface area contributed by atoms with Gasteiger partial charge in [-0.15, -0.1) is 0 Å². The monoisotopic (exact) mass is 259 g/mol. The third kappa shape index (κ3) is 4.27. The number of rotatable bonds is 6. The Morgan fingerprint density at radius 1 is 1.47 bits per heavy atom. The molecule has 0 atom stereocenters. The molecule has 2 rings (SSSR count). The SMILES string of the molecule is O=C(O)C=Cc1ccc(OCCn2ccnc2)cn1. The zero-order valence-electron chi connectivity index (χ0n) is 10.1. The molecular formula is C13H13N3O3. The first-order valence-electron chi connectivity index (χ1n) is 5.69. The second-order valence-corrected chi connectivity index (χ2v) is 3.74. The minimum absolute atomic E-state index is 0.516. The van der Waals surface area contributed by atoms with Crippen molar-refractivity contribution in [1.29, 1.82) is 0 Å². The fourth-order valence-electron chi connectivity index (χ4n) is 1.42. The topological polar surface area (TPSA) is 77.2 Å². The molecule has 0 aromatic carbocycles. The summed E-state index contributed by atoms with van der Waals surface area (Å²) in [5.74, 6) is -0.352. The van der Waals surface area contributed by atoms with Crippen LogP contribution in [0, 0.1) is 0 Å². The van der Waals surface area contributed by atoms with E-state index in [0.717, 1.165) is 6.08 Å². The number of aliphatic carboxylic acids is 1. The molecule has 0 amide bonds. The Morgan fingerprint density at radius 3 is 3.00 bits per heavy atom. The number of aromatic nitrogens is 3. The van der Waals surface area contributed by atoms with Crippen molar-refractivity contribution in [3.05, 3.63) is 48.8 Å². The van der Waals surface area contributed by atoms with Crippen LogP contribution in [-0.2, 0) is 11.3 Å². The standard InChI is InChI=1S/C13H13N3O3/c17-13(18)4-2-11-1-3-12(9-15-11)19-8-7-16-6-5-14-10-16/h1-6,9-10H,7-8H2,(H,17,18). The molecule has 0 aliphatic rings. The Morgan fingerprint density at radius 2 is 2.37 bits per heavy atom. The van der Waals surface area contributed by atoms with Crippen molar-refractivity contribution in [2.45, 2.75) is 6.54 Å². The molecule has 2 aromatic rings. The first-order valence-corrected chi connectivity index (χ1v) is 5.69. The van der Waals surface area contributed by atoms with Gasteiger partial charge in [0.2, 0.25) is 0 Å². The van der Waals surface area contributed by atoms with Gasteiger partial charge in [0.25, 0.3) is 0 Å². The molecule has 6 nitrogen and oxygen atoms in total. The highest BCUT2D eigenvalue weighted by Gasteiger charge is 1.96. The van der Waals surface area contributed by atoms with Gasteiger partial charge < -0.3 is 14.4 Å². The van der Waals surface area contributed by atoms with Crippen LogP contribution >= 0.6 is 0 Å². The van der Waals surface area contributed by atoms with Crippen LogP contribution in [0.5, 0.6) is 5.75 Å². The highest BCUT2D eigenvalue weighted by atomic mass is 16.5. The minimum atomic E-state index is -0.998. The van der Waals surface area contributed by atoms with E-state index < -0.39 is 5.97 Å². The maximum Gasteiger partial charge on any atom is 0.328 e. The van der Waals surface area contributed by atoms with Crippen molar-refractivity contribution >= 4 is 12.0 Å². The summed E-state index contributed by atoms with van der Waals surface area (Å²) in [6.07, 6.45) is 9.34. The third-order valence-electron chi connectivity index (χ3n) is 2.33. The van der Waals surface area contributed by atoms with Crippen molar-refractivity contribution in [3.8, 4) is 5.75 Å². The molecule has 0 aliphatic heterocycles. The summed E-state index contributed by atoms with van der Waals surface area (Å²) in [6, 6.07) is 3.45. The second-order valence-electron chi connectivity index (χ2n) is 3.74. The molecule has 0 radical (unpaired) electrons. The van der Waals surface area contributed by atoms with Gasteiger partial charge in [-0.25, -0.2) is 9.78 Å². The van der Waals surface area contributed by atoms with Crippen LogP contribution in [0.2, 0.25) is 0 Å². The molecule has 0 bridgehead atoms. The van der Waals surface area contributed by atoms with Gasteiger partial charge in [0.05, 0.1) is 24.8 Å². The number of carbonyl (C=O) groups is 1. The molecule has 2 heterocycles. The number of imidazole rings is 1. The second kappa shape index (κ2) is 6.34. The number of hydrogen-bond donors (Lipinski definition) is 1. The smallest absolute Gasteiger partial charge is 0.328 e. The van der Waals surface area contributed by atoms with E-state index in [2.05, 4.69) is 9.97 Å². The lowest BCUT2D eigenvalue weighted by atomic mass is 10.3. The number of ether oxygens (including phenoxy) is 1. The summed E-state index contributed by atoms with van der Waals surface area (Å²) < 4.78 is 7.42.